The van der Waals surface area contributed by atoms with Gasteiger partial charge in [0.25, 0.3) is 5.56 Å². The fourth-order valence-electron chi connectivity index (χ4n) is 3.11. The maximum atomic E-state index is 14.2. The van der Waals surface area contributed by atoms with Crippen LogP contribution in [-0.2, 0) is 12.5 Å². The Balaban J connectivity index is 2.32. The summed E-state index contributed by atoms with van der Waals surface area (Å²) in [6.07, 6.45) is 4.07. The third kappa shape index (κ3) is 3.90. The van der Waals surface area contributed by atoms with Gasteiger partial charge in [-0.25, -0.2) is 4.39 Å². The van der Waals surface area contributed by atoms with Crippen molar-refractivity contribution in [3.05, 3.63) is 81.0 Å². The molecule has 2 heterocycles. The van der Waals surface area contributed by atoms with E-state index in [1.807, 2.05) is 32.0 Å². The first-order valence-electron chi connectivity index (χ1n) is 8.73. The number of benzene rings is 1. The van der Waals surface area contributed by atoms with Crippen LogP contribution in [0.5, 0.6) is 0 Å². The lowest BCUT2D eigenvalue weighted by Gasteiger charge is -2.20. The summed E-state index contributed by atoms with van der Waals surface area (Å²) in [4.78, 5) is 21.0. The molecule has 29 heavy (non-hydrogen) atoms. The van der Waals surface area contributed by atoms with Gasteiger partial charge in [0.1, 0.15) is 17.3 Å². The van der Waals surface area contributed by atoms with Gasteiger partial charge in [0.15, 0.2) is 6.67 Å². The van der Waals surface area contributed by atoms with Gasteiger partial charge in [0.2, 0.25) is 0 Å². The molecule has 0 atom stereocenters. The lowest BCUT2D eigenvalue weighted by molar-refractivity contribution is -0.0285. The van der Waals surface area contributed by atoms with Crippen LogP contribution < -0.4 is 5.56 Å². The molecule has 5 nitrogen and oxygen atoms in total. The molecule has 3 rings (SSSR count). The summed E-state index contributed by atoms with van der Waals surface area (Å²) in [5, 5.41) is 9.35. The van der Waals surface area contributed by atoms with Crippen molar-refractivity contribution in [1.82, 2.24) is 14.5 Å². The zero-order valence-electron chi connectivity index (χ0n) is 15.8. The molecule has 0 aliphatic heterocycles. The van der Waals surface area contributed by atoms with Crippen LogP contribution in [0.25, 0.3) is 11.4 Å². The fraction of sp³-hybridized carbons (Fsp3) is 0.238. The highest BCUT2D eigenvalue weighted by Gasteiger charge is 2.37. The second kappa shape index (κ2) is 7.87. The first-order valence-corrected chi connectivity index (χ1v) is 8.73. The molecule has 148 valence electrons. The molecule has 0 aliphatic rings. The van der Waals surface area contributed by atoms with Crippen molar-refractivity contribution < 1.29 is 13.2 Å². The van der Waals surface area contributed by atoms with E-state index < -0.39 is 29.3 Å². The monoisotopic (exact) mass is 398 g/mol. The van der Waals surface area contributed by atoms with Gasteiger partial charge in [0.05, 0.1) is 18.4 Å². The molecular formula is C21H17F3N4O. The number of hydrogen-bond acceptors (Lipinski definition) is 4. The number of halogens is 3. The van der Waals surface area contributed by atoms with Gasteiger partial charge in [-0.3, -0.25) is 14.8 Å². The van der Waals surface area contributed by atoms with E-state index >= 15 is 0 Å². The topological polar surface area (TPSA) is 71.6 Å². The maximum Gasteiger partial charge on any atom is 0.302 e. The minimum absolute atomic E-state index is 0.0326. The third-order valence-corrected chi connectivity index (χ3v) is 4.63. The SMILES string of the molecule is Cc1ccc(Cn2c(-c3cnccn3)cc(C(F)(F)CF)c(C#N)c2=O)c(C)c1. The molecule has 0 saturated carbocycles. The number of hydrogen-bond donors (Lipinski definition) is 0. The van der Waals surface area contributed by atoms with Crippen LogP contribution in [0.3, 0.4) is 0 Å². The Morgan fingerprint density at radius 2 is 1.97 bits per heavy atom. The molecule has 0 unspecified atom stereocenters. The summed E-state index contributed by atoms with van der Waals surface area (Å²) in [5.74, 6) is -3.97. The number of aryl methyl sites for hydroxylation is 2. The third-order valence-electron chi connectivity index (χ3n) is 4.63. The van der Waals surface area contributed by atoms with Crippen molar-refractivity contribution >= 4 is 0 Å². The molecule has 0 spiro atoms. The first-order chi connectivity index (χ1) is 13.8. The van der Waals surface area contributed by atoms with E-state index in [1.165, 1.54) is 29.2 Å². The normalized spacial score (nSPS) is 11.3. The van der Waals surface area contributed by atoms with Crippen molar-refractivity contribution in [3.63, 3.8) is 0 Å². The van der Waals surface area contributed by atoms with Gasteiger partial charge >= 0.3 is 5.92 Å². The Bertz CT molecular complexity index is 1150. The highest BCUT2D eigenvalue weighted by molar-refractivity contribution is 5.58. The highest BCUT2D eigenvalue weighted by Crippen LogP contribution is 2.32. The summed E-state index contributed by atoms with van der Waals surface area (Å²) < 4.78 is 42.5. The Hall–Kier alpha value is -3.47. The fourth-order valence-corrected chi connectivity index (χ4v) is 3.11. The Morgan fingerprint density at radius 1 is 1.21 bits per heavy atom. The van der Waals surface area contributed by atoms with E-state index in [1.54, 1.807) is 0 Å². The maximum absolute atomic E-state index is 14.2. The second-order valence-corrected chi connectivity index (χ2v) is 6.68. The molecule has 0 N–H and O–H groups in total. The molecule has 3 aromatic rings. The van der Waals surface area contributed by atoms with Crippen LogP contribution >= 0.6 is 0 Å². The van der Waals surface area contributed by atoms with Crippen LogP contribution in [-0.4, -0.2) is 21.2 Å². The number of nitrogens with zero attached hydrogens (tertiary/aromatic N) is 4. The summed E-state index contributed by atoms with van der Waals surface area (Å²) in [6, 6.07) is 8.09. The van der Waals surface area contributed by atoms with E-state index in [-0.39, 0.29) is 17.9 Å². The minimum atomic E-state index is -3.97. The van der Waals surface area contributed by atoms with Crippen molar-refractivity contribution in [2.45, 2.75) is 26.3 Å². The van der Waals surface area contributed by atoms with Gasteiger partial charge in [-0.05, 0) is 31.0 Å². The van der Waals surface area contributed by atoms with Crippen LogP contribution in [0.4, 0.5) is 13.2 Å². The molecule has 0 amide bonds. The molecule has 8 heteroatoms. The van der Waals surface area contributed by atoms with E-state index in [0.717, 1.165) is 22.8 Å². The quantitative estimate of drug-likeness (QED) is 0.653. The van der Waals surface area contributed by atoms with Gasteiger partial charge < -0.3 is 4.57 Å². The standard InChI is InChI=1S/C21H17F3N4O/c1-13-3-4-15(14(2)7-13)11-28-19(18-10-26-5-6-27-18)8-17(21(23,24)12-22)16(9-25)20(28)29/h3-8,10H,11-12H2,1-2H3. The van der Waals surface area contributed by atoms with E-state index in [9.17, 15) is 23.2 Å². The van der Waals surface area contributed by atoms with Crippen molar-refractivity contribution in [1.29, 1.82) is 5.26 Å². The average molecular weight is 398 g/mol. The molecule has 0 saturated heterocycles. The lowest BCUT2D eigenvalue weighted by atomic mass is 10.0. The molecular weight excluding hydrogens is 381 g/mol. The van der Waals surface area contributed by atoms with Crippen LogP contribution in [0.1, 0.15) is 27.8 Å². The van der Waals surface area contributed by atoms with E-state index in [2.05, 4.69) is 9.97 Å². The number of rotatable bonds is 5. The van der Waals surface area contributed by atoms with Crippen molar-refractivity contribution in [2.75, 3.05) is 6.67 Å². The van der Waals surface area contributed by atoms with Crippen LogP contribution in [0.2, 0.25) is 0 Å². The molecule has 0 fully saturated rings. The predicted octanol–water partition coefficient (Wildman–Crippen LogP) is 3.90. The van der Waals surface area contributed by atoms with Gasteiger partial charge in [-0.1, -0.05) is 23.8 Å². The summed E-state index contributed by atoms with van der Waals surface area (Å²) >= 11 is 0. The molecule has 1 aromatic carbocycles. The summed E-state index contributed by atoms with van der Waals surface area (Å²) in [7, 11) is 0. The van der Waals surface area contributed by atoms with Gasteiger partial charge in [0, 0.05) is 18.0 Å². The molecule has 0 bridgehead atoms. The summed E-state index contributed by atoms with van der Waals surface area (Å²) in [5.41, 5.74) is 0.229. The Kier molecular flexibility index (Phi) is 5.50. The zero-order chi connectivity index (χ0) is 21.2. The molecule has 0 radical (unpaired) electrons. The number of alkyl halides is 3. The highest BCUT2D eigenvalue weighted by atomic mass is 19.3. The zero-order valence-corrected chi connectivity index (χ0v) is 15.8. The number of aromatic nitrogens is 3. The first kappa shape index (κ1) is 20.3. The van der Waals surface area contributed by atoms with Gasteiger partial charge in [-0.2, -0.15) is 14.0 Å². The average Bonchev–Trinajstić information content (AvgIpc) is 2.71. The van der Waals surface area contributed by atoms with Crippen molar-refractivity contribution in [2.24, 2.45) is 0 Å². The van der Waals surface area contributed by atoms with E-state index in [4.69, 9.17) is 0 Å². The Morgan fingerprint density at radius 3 is 2.55 bits per heavy atom. The second-order valence-electron chi connectivity index (χ2n) is 6.68. The van der Waals surface area contributed by atoms with Gasteiger partial charge in [-0.15, -0.1) is 0 Å². The van der Waals surface area contributed by atoms with Crippen LogP contribution in [0, 0.1) is 25.2 Å². The molecule has 2 aromatic heterocycles. The number of pyridine rings is 1. The summed E-state index contributed by atoms with van der Waals surface area (Å²) in [6.45, 7) is 1.80. The predicted molar refractivity (Wildman–Crippen MR) is 101 cm³/mol. The lowest BCUT2D eigenvalue weighted by Crippen LogP contribution is -2.30. The van der Waals surface area contributed by atoms with Crippen LogP contribution in [0.15, 0.2) is 47.7 Å². The Labute approximate surface area is 165 Å². The molecule has 0 aliphatic carbocycles. The largest absolute Gasteiger partial charge is 0.302 e. The smallest absolute Gasteiger partial charge is 0.301 e. The van der Waals surface area contributed by atoms with E-state index in [0.29, 0.717) is 0 Å². The minimum Gasteiger partial charge on any atom is -0.301 e. The number of nitriles is 1. The van der Waals surface area contributed by atoms with Crippen molar-refractivity contribution in [3.8, 4) is 17.5 Å².